The van der Waals surface area contributed by atoms with Gasteiger partial charge in [-0.25, -0.2) is 20.0 Å². The van der Waals surface area contributed by atoms with Crippen LogP contribution in [0.4, 0.5) is 0 Å². The van der Waals surface area contributed by atoms with Crippen LogP contribution in [0.1, 0.15) is 12.6 Å². The first-order chi connectivity index (χ1) is 15.2. The minimum absolute atomic E-state index is 0. The molecule has 0 fully saturated rings. The van der Waals surface area contributed by atoms with Crippen LogP contribution in [0.3, 0.4) is 0 Å². The van der Waals surface area contributed by atoms with Gasteiger partial charge in [0.05, 0.1) is 51.3 Å². The summed E-state index contributed by atoms with van der Waals surface area (Å²) in [4.78, 5) is 23.6. The maximum Gasteiger partial charge on any atom is 0.0756 e. The Morgan fingerprint density at radius 2 is 1.22 bits per heavy atom. The van der Waals surface area contributed by atoms with E-state index in [1.165, 1.54) is 0 Å². The van der Waals surface area contributed by atoms with E-state index in [2.05, 4.69) is 16.9 Å². The third-order valence-corrected chi connectivity index (χ3v) is 5.39. The zero-order valence-electron chi connectivity index (χ0n) is 17.5. The minimum Gasteiger partial charge on any atom is -0.256 e. The Labute approximate surface area is 198 Å². The van der Waals surface area contributed by atoms with Crippen LogP contribution in [-0.4, -0.2) is 27.8 Å². The molecule has 1 aromatic rings. The van der Waals surface area contributed by atoms with Crippen molar-refractivity contribution in [1.29, 1.82) is 0 Å². The molecule has 0 aliphatic carbocycles. The van der Waals surface area contributed by atoms with E-state index < -0.39 is 0 Å². The number of aromatic nitrogens is 1. The predicted octanol–water partition coefficient (Wildman–Crippen LogP) is 4.89. The van der Waals surface area contributed by atoms with Crippen LogP contribution in [0.5, 0.6) is 0 Å². The van der Waals surface area contributed by atoms with Crippen LogP contribution < -0.4 is 0 Å². The van der Waals surface area contributed by atoms with E-state index in [-0.39, 0.29) is 19.5 Å². The van der Waals surface area contributed by atoms with E-state index in [0.717, 1.165) is 62.5 Å². The Morgan fingerprint density at radius 1 is 0.625 bits per heavy atom. The number of nitrogens with zero attached hydrogens (tertiary/aromatic N) is 5. The zero-order valence-corrected chi connectivity index (χ0v) is 20.5. The quantitative estimate of drug-likeness (QED) is 0.546. The number of rotatable bonds is 1. The Bertz CT molecular complexity index is 1400. The molecule has 6 heteroatoms. The van der Waals surface area contributed by atoms with Crippen molar-refractivity contribution in [2.24, 2.45) is 20.0 Å². The molecule has 5 nitrogen and oxygen atoms in total. The second kappa shape index (κ2) is 8.14. The van der Waals surface area contributed by atoms with Gasteiger partial charge in [-0.15, -0.1) is 0 Å². The topological polar surface area (TPSA) is 62.3 Å². The molecule has 148 valence electrons. The van der Waals surface area contributed by atoms with Gasteiger partial charge in [-0.2, -0.15) is 0 Å². The molecule has 8 bridgehead atoms. The van der Waals surface area contributed by atoms with E-state index in [9.17, 15) is 0 Å². The van der Waals surface area contributed by atoms with Gasteiger partial charge in [0.15, 0.2) is 0 Å². The van der Waals surface area contributed by atoms with Gasteiger partial charge in [0.25, 0.3) is 0 Å². The summed E-state index contributed by atoms with van der Waals surface area (Å²) in [6.45, 7) is 2.08. The van der Waals surface area contributed by atoms with E-state index in [1.807, 2.05) is 79.0 Å². The summed E-state index contributed by atoms with van der Waals surface area (Å²) >= 11 is 0. The molecule has 5 aliphatic rings. The number of fused-ring (bicyclic) bond motifs is 4. The molecule has 32 heavy (non-hydrogen) atoms. The molecule has 0 radical (unpaired) electrons. The standard InChI is InChI=1S/C26H17N5.Zn/c1-16-24-14-21-9-7-19(29-21)12-17-5-6-18(28-17)13-20-8-10-22(30-20)15-25(31-24)26(16)23-4-2-3-11-27-23;/h2-15H,1H3;. The molecule has 6 heterocycles. The Balaban J connectivity index is 0.00000216. The summed E-state index contributed by atoms with van der Waals surface area (Å²) in [5, 5.41) is 0. The van der Waals surface area contributed by atoms with Crippen LogP contribution in [0.2, 0.25) is 0 Å². The van der Waals surface area contributed by atoms with Crippen LogP contribution >= 0.6 is 0 Å². The molecule has 0 atom stereocenters. The van der Waals surface area contributed by atoms with Crippen molar-refractivity contribution >= 4 is 28.4 Å². The normalized spacial score (nSPS) is 20.2. The van der Waals surface area contributed by atoms with Gasteiger partial charge in [0, 0.05) is 31.2 Å². The summed E-state index contributed by atoms with van der Waals surface area (Å²) in [5.74, 6) is 0. The maximum atomic E-state index is 4.93. The fourth-order valence-electron chi connectivity index (χ4n) is 3.92. The fraction of sp³-hybridized carbons (Fsp3) is 0.0385. The van der Waals surface area contributed by atoms with Crippen molar-refractivity contribution in [3.8, 4) is 0 Å². The zero-order chi connectivity index (χ0) is 20.8. The average Bonchev–Trinajstić information content (AvgIpc) is 3.55. The van der Waals surface area contributed by atoms with Gasteiger partial charge in [0.2, 0.25) is 0 Å². The monoisotopic (exact) mass is 463 g/mol. The molecular weight excluding hydrogens is 448 g/mol. The second-order valence-electron chi connectivity index (χ2n) is 7.56. The number of pyridine rings is 1. The van der Waals surface area contributed by atoms with Crippen molar-refractivity contribution in [3.05, 3.63) is 119 Å². The number of allylic oxidation sites excluding steroid dienone is 12. The number of hydrogen-bond donors (Lipinski definition) is 0. The van der Waals surface area contributed by atoms with Gasteiger partial charge in [-0.1, -0.05) is 6.07 Å². The number of hydrogen-bond acceptors (Lipinski definition) is 5. The van der Waals surface area contributed by atoms with E-state index in [0.29, 0.717) is 0 Å². The third kappa shape index (κ3) is 3.74. The van der Waals surface area contributed by atoms with Crippen molar-refractivity contribution in [1.82, 2.24) is 4.98 Å². The van der Waals surface area contributed by atoms with E-state index in [1.54, 1.807) is 6.20 Å². The molecule has 0 amide bonds. The SMILES string of the molecule is CC1=C(c2ccccn2)C2=NC1=CC1=NC(=CC3=NC(=CC4=NC(=C2)C=C4)C=C3)C=C1.[Zn]. The van der Waals surface area contributed by atoms with Crippen LogP contribution in [-0.2, 0) is 19.5 Å². The predicted molar refractivity (Wildman–Crippen MR) is 126 cm³/mol. The molecule has 0 unspecified atom stereocenters. The molecule has 0 spiro atoms. The third-order valence-electron chi connectivity index (χ3n) is 5.39. The van der Waals surface area contributed by atoms with Crippen molar-refractivity contribution < 1.29 is 19.5 Å². The first-order valence-corrected chi connectivity index (χ1v) is 10.1. The second-order valence-corrected chi connectivity index (χ2v) is 7.56. The van der Waals surface area contributed by atoms with Gasteiger partial charge in [-0.05, 0) is 85.4 Å². The van der Waals surface area contributed by atoms with Crippen molar-refractivity contribution in [3.63, 3.8) is 0 Å². The van der Waals surface area contributed by atoms with Crippen molar-refractivity contribution in [2.45, 2.75) is 6.92 Å². The van der Waals surface area contributed by atoms with Crippen LogP contribution in [0, 0.1) is 0 Å². The number of aliphatic imine (C=N–C) groups is 4. The maximum absolute atomic E-state index is 4.93. The molecule has 5 aliphatic heterocycles. The first-order valence-electron chi connectivity index (χ1n) is 10.1. The molecule has 0 N–H and O–H groups in total. The molecule has 1 aromatic heterocycles. The Morgan fingerprint density at radius 3 is 1.81 bits per heavy atom. The van der Waals surface area contributed by atoms with Crippen LogP contribution in [0.15, 0.2) is 133 Å². The fourth-order valence-corrected chi connectivity index (χ4v) is 3.92. The Hall–Kier alpha value is -3.63. The first kappa shape index (κ1) is 20.3. The summed E-state index contributed by atoms with van der Waals surface area (Å²) in [6, 6.07) is 5.92. The molecule has 6 rings (SSSR count). The smallest absolute Gasteiger partial charge is 0.0756 e. The Kier molecular flexibility index (Phi) is 5.16. The summed E-state index contributed by atoms with van der Waals surface area (Å²) < 4.78 is 0. The van der Waals surface area contributed by atoms with Gasteiger partial charge in [0.1, 0.15) is 0 Å². The largest absolute Gasteiger partial charge is 0.256 e. The summed E-state index contributed by atoms with van der Waals surface area (Å²) in [6.07, 6.45) is 21.8. The molecule has 0 saturated carbocycles. The average molecular weight is 465 g/mol. The summed E-state index contributed by atoms with van der Waals surface area (Å²) in [5.41, 5.74) is 9.94. The van der Waals surface area contributed by atoms with Gasteiger partial charge < -0.3 is 0 Å². The molecular formula is C26H17N5Zn. The van der Waals surface area contributed by atoms with Crippen LogP contribution in [0.25, 0.3) is 5.57 Å². The van der Waals surface area contributed by atoms with E-state index >= 15 is 0 Å². The van der Waals surface area contributed by atoms with Gasteiger partial charge in [-0.3, -0.25) is 4.98 Å². The molecule has 0 aromatic carbocycles. The van der Waals surface area contributed by atoms with Crippen molar-refractivity contribution in [2.75, 3.05) is 0 Å². The minimum atomic E-state index is 0. The summed E-state index contributed by atoms with van der Waals surface area (Å²) in [7, 11) is 0. The van der Waals surface area contributed by atoms with Gasteiger partial charge >= 0.3 is 0 Å². The van der Waals surface area contributed by atoms with E-state index in [4.69, 9.17) is 15.0 Å². The molecule has 0 saturated heterocycles.